The van der Waals surface area contributed by atoms with E-state index in [0.29, 0.717) is 19.1 Å². The van der Waals surface area contributed by atoms with E-state index >= 15 is 0 Å². The Labute approximate surface area is 173 Å². The minimum Gasteiger partial charge on any atom is -0.357 e. The molecule has 0 aromatic carbocycles. The van der Waals surface area contributed by atoms with Gasteiger partial charge in [-0.2, -0.15) is 0 Å². The number of nitrogens with zero attached hydrogens (tertiary/aromatic N) is 2. The fourth-order valence-corrected chi connectivity index (χ4v) is 4.43. The first-order valence-corrected chi connectivity index (χ1v) is 11.6. The molecule has 2 heterocycles. The van der Waals surface area contributed by atoms with Crippen molar-refractivity contribution in [3.63, 3.8) is 0 Å². The Morgan fingerprint density at radius 2 is 1.96 bits per heavy atom. The van der Waals surface area contributed by atoms with Gasteiger partial charge in [-0.15, -0.1) is 11.3 Å². The second kappa shape index (κ2) is 10.8. The molecule has 0 radical (unpaired) electrons. The molecule has 6 nitrogen and oxygen atoms in total. The zero-order chi connectivity index (χ0) is 19.8. The maximum Gasteiger partial charge on any atom is 0.223 e. The molecule has 1 saturated carbocycles. The van der Waals surface area contributed by atoms with Crippen LogP contribution in [0.3, 0.4) is 0 Å². The van der Waals surface area contributed by atoms with Gasteiger partial charge in [-0.25, -0.2) is 0 Å². The number of hydrogen-bond acceptors (Lipinski definition) is 4. The van der Waals surface area contributed by atoms with E-state index in [9.17, 15) is 4.79 Å². The summed E-state index contributed by atoms with van der Waals surface area (Å²) in [5, 5.41) is 11.8. The summed E-state index contributed by atoms with van der Waals surface area (Å²) in [6.07, 6.45) is 4.63. The van der Waals surface area contributed by atoms with Crippen LogP contribution in [0.4, 0.5) is 0 Å². The van der Waals surface area contributed by atoms with E-state index in [1.165, 1.54) is 17.7 Å². The highest BCUT2D eigenvalue weighted by Crippen LogP contribution is 2.30. The fraction of sp³-hybridized carbons (Fsp3) is 0.714. The summed E-state index contributed by atoms with van der Waals surface area (Å²) in [6.45, 7) is 9.63. The third-order valence-corrected chi connectivity index (χ3v) is 6.54. The van der Waals surface area contributed by atoms with Gasteiger partial charge in [-0.05, 0) is 63.1 Å². The average molecular weight is 406 g/mol. The summed E-state index contributed by atoms with van der Waals surface area (Å²) >= 11 is 1.82. The maximum atomic E-state index is 11.7. The van der Waals surface area contributed by atoms with Crippen LogP contribution in [0.15, 0.2) is 22.5 Å². The standard InChI is InChI=1S/C21H35N5OS/c1-3-22-21(24-11-10-23-20(27)17-6-7-17)25-15-18(19-5-4-14-28-19)26-12-8-16(2)9-13-26/h4-5,14,16-18H,3,6-13,15H2,1-2H3,(H,23,27)(H2,22,24,25). The van der Waals surface area contributed by atoms with Gasteiger partial charge in [0.05, 0.1) is 12.6 Å². The third-order valence-electron chi connectivity index (χ3n) is 5.56. The predicted molar refractivity (Wildman–Crippen MR) is 117 cm³/mol. The van der Waals surface area contributed by atoms with Gasteiger partial charge in [0, 0.05) is 30.4 Å². The van der Waals surface area contributed by atoms with Gasteiger partial charge in [0.1, 0.15) is 0 Å². The summed E-state index contributed by atoms with van der Waals surface area (Å²) < 4.78 is 0. The van der Waals surface area contributed by atoms with Crippen LogP contribution in [0.5, 0.6) is 0 Å². The molecule has 3 rings (SSSR count). The first kappa shape index (κ1) is 21.1. The number of thiophene rings is 1. The van der Waals surface area contributed by atoms with Crippen LogP contribution < -0.4 is 16.0 Å². The molecule has 0 spiro atoms. The molecule has 1 unspecified atom stereocenters. The van der Waals surface area contributed by atoms with Crippen LogP contribution in [0.2, 0.25) is 0 Å². The molecule has 1 saturated heterocycles. The number of aliphatic imine (C=N–C) groups is 1. The maximum absolute atomic E-state index is 11.7. The molecule has 3 N–H and O–H groups in total. The highest BCUT2D eigenvalue weighted by atomic mass is 32.1. The summed E-state index contributed by atoms with van der Waals surface area (Å²) in [5.41, 5.74) is 0. The molecule has 0 bridgehead atoms. The summed E-state index contributed by atoms with van der Waals surface area (Å²) in [5.74, 6) is 2.12. The Kier molecular flexibility index (Phi) is 8.15. The van der Waals surface area contributed by atoms with Crippen LogP contribution in [0.25, 0.3) is 0 Å². The van der Waals surface area contributed by atoms with E-state index in [0.717, 1.165) is 50.9 Å². The van der Waals surface area contributed by atoms with Crippen molar-refractivity contribution in [2.75, 3.05) is 39.3 Å². The molecule has 1 aliphatic carbocycles. The minimum atomic E-state index is 0.195. The smallest absolute Gasteiger partial charge is 0.223 e. The summed E-state index contributed by atoms with van der Waals surface area (Å²) in [4.78, 5) is 20.6. The van der Waals surface area contributed by atoms with Crippen LogP contribution in [-0.2, 0) is 4.79 Å². The van der Waals surface area contributed by atoms with E-state index in [1.807, 2.05) is 11.3 Å². The zero-order valence-electron chi connectivity index (χ0n) is 17.2. The van der Waals surface area contributed by atoms with Gasteiger partial charge in [0.25, 0.3) is 0 Å². The van der Waals surface area contributed by atoms with Crippen molar-refractivity contribution < 1.29 is 4.79 Å². The largest absolute Gasteiger partial charge is 0.357 e. The van der Waals surface area contributed by atoms with Crippen LogP contribution in [-0.4, -0.2) is 56.0 Å². The number of rotatable bonds is 9. The van der Waals surface area contributed by atoms with Gasteiger partial charge in [-0.3, -0.25) is 14.7 Å². The second-order valence-corrected chi connectivity index (χ2v) is 8.94. The normalized spacial score (nSPS) is 20.0. The molecular weight excluding hydrogens is 370 g/mol. The van der Waals surface area contributed by atoms with Gasteiger partial charge in [-0.1, -0.05) is 13.0 Å². The number of carbonyl (C=O) groups is 1. The monoisotopic (exact) mass is 405 g/mol. The van der Waals surface area contributed by atoms with Crippen molar-refractivity contribution in [3.05, 3.63) is 22.4 Å². The van der Waals surface area contributed by atoms with Crippen LogP contribution >= 0.6 is 11.3 Å². The number of nitrogens with one attached hydrogen (secondary N) is 3. The topological polar surface area (TPSA) is 68.8 Å². The lowest BCUT2D eigenvalue weighted by molar-refractivity contribution is -0.122. The van der Waals surface area contributed by atoms with Crippen molar-refractivity contribution in [1.82, 2.24) is 20.9 Å². The van der Waals surface area contributed by atoms with Gasteiger partial charge in [0.15, 0.2) is 5.96 Å². The van der Waals surface area contributed by atoms with Gasteiger partial charge in [0.2, 0.25) is 5.91 Å². The lowest BCUT2D eigenvalue weighted by Crippen LogP contribution is -2.42. The number of piperidine rings is 1. The molecule has 1 aliphatic heterocycles. The molecule has 7 heteroatoms. The Bertz CT molecular complexity index is 621. The summed E-state index contributed by atoms with van der Waals surface area (Å²) in [6, 6.07) is 4.71. The van der Waals surface area contributed by atoms with E-state index < -0.39 is 0 Å². The number of hydrogen-bond donors (Lipinski definition) is 3. The van der Waals surface area contributed by atoms with Crippen molar-refractivity contribution in [1.29, 1.82) is 0 Å². The minimum absolute atomic E-state index is 0.195. The molecule has 1 amide bonds. The Hall–Kier alpha value is -1.60. The average Bonchev–Trinajstić information content (AvgIpc) is 3.42. The Morgan fingerprint density at radius 1 is 1.21 bits per heavy atom. The zero-order valence-corrected chi connectivity index (χ0v) is 18.1. The van der Waals surface area contributed by atoms with Crippen LogP contribution in [0.1, 0.15) is 50.4 Å². The SMILES string of the molecule is CCNC(=NCC(c1cccs1)N1CCC(C)CC1)NCCNC(=O)C1CC1. The van der Waals surface area contributed by atoms with Crippen LogP contribution in [0, 0.1) is 11.8 Å². The molecule has 1 atom stereocenters. The molecular formula is C21H35N5OS. The molecule has 28 heavy (non-hydrogen) atoms. The van der Waals surface area contributed by atoms with Gasteiger partial charge < -0.3 is 16.0 Å². The first-order chi connectivity index (χ1) is 13.7. The quantitative estimate of drug-likeness (QED) is 0.336. The molecule has 1 aromatic rings. The van der Waals surface area contributed by atoms with Crippen molar-refractivity contribution >= 4 is 23.2 Å². The molecule has 1 aromatic heterocycles. The first-order valence-electron chi connectivity index (χ1n) is 10.7. The van der Waals surface area contributed by atoms with Gasteiger partial charge >= 0.3 is 0 Å². The van der Waals surface area contributed by atoms with Crippen molar-refractivity contribution in [2.24, 2.45) is 16.8 Å². The third kappa shape index (κ3) is 6.48. The van der Waals surface area contributed by atoms with E-state index in [2.05, 4.69) is 52.2 Å². The van der Waals surface area contributed by atoms with E-state index in [4.69, 9.17) is 4.99 Å². The number of guanidine groups is 1. The highest BCUT2D eigenvalue weighted by molar-refractivity contribution is 7.10. The molecule has 2 fully saturated rings. The Balaban J connectivity index is 1.53. The second-order valence-electron chi connectivity index (χ2n) is 7.96. The highest BCUT2D eigenvalue weighted by Gasteiger charge is 2.29. The molecule has 156 valence electrons. The predicted octanol–water partition coefficient (Wildman–Crippen LogP) is 2.60. The number of likely N-dealkylation sites (tertiary alicyclic amines) is 1. The summed E-state index contributed by atoms with van der Waals surface area (Å²) in [7, 11) is 0. The molecule has 2 aliphatic rings. The lowest BCUT2D eigenvalue weighted by atomic mass is 9.97. The van der Waals surface area contributed by atoms with Crippen molar-refractivity contribution in [3.8, 4) is 0 Å². The lowest BCUT2D eigenvalue weighted by Gasteiger charge is -2.35. The van der Waals surface area contributed by atoms with Crippen molar-refractivity contribution in [2.45, 2.75) is 45.6 Å². The number of amides is 1. The van der Waals surface area contributed by atoms with E-state index in [-0.39, 0.29) is 11.8 Å². The fourth-order valence-electron chi connectivity index (χ4n) is 3.58. The van der Waals surface area contributed by atoms with E-state index in [1.54, 1.807) is 0 Å². The Morgan fingerprint density at radius 3 is 2.61 bits per heavy atom. The number of carbonyl (C=O) groups excluding carboxylic acids is 1.